The maximum absolute atomic E-state index is 12.8. The molecule has 0 radical (unpaired) electrons. The van der Waals surface area contributed by atoms with Gasteiger partial charge in [0.25, 0.3) is 0 Å². The van der Waals surface area contributed by atoms with Crippen LogP contribution in [0.1, 0.15) is 34.1 Å². The Hall–Kier alpha value is -1.11. The smallest absolute Gasteiger partial charge is 0.457 e. The summed E-state index contributed by atoms with van der Waals surface area (Å²) >= 11 is 0. The highest BCUT2D eigenvalue weighted by Crippen LogP contribution is 2.38. The van der Waals surface area contributed by atoms with Crippen molar-refractivity contribution < 1.29 is 23.5 Å². The zero-order valence-electron chi connectivity index (χ0n) is 13.6. The zero-order valence-corrected chi connectivity index (χ0v) is 13.6. The normalized spacial score (nSPS) is 20.9. The fourth-order valence-corrected chi connectivity index (χ4v) is 2.22. The lowest BCUT2D eigenvalue weighted by Gasteiger charge is -2.32. The molecule has 1 aromatic carbocycles. The van der Waals surface area contributed by atoms with Crippen molar-refractivity contribution in [3.8, 4) is 5.75 Å². The van der Waals surface area contributed by atoms with Crippen LogP contribution in [0.3, 0.4) is 0 Å². The number of benzene rings is 1. The van der Waals surface area contributed by atoms with E-state index < -0.39 is 6.10 Å². The summed E-state index contributed by atoms with van der Waals surface area (Å²) in [6.07, 6.45) is 0.489. The Kier molecular flexibility index (Phi) is 5.15. The molecule has 0 saturated carbocycles. The predicted molar refractivity (Wildman–Crippen MR) is 83.4 cm³/mol. The first kappa shape index (κ1) is 17.3. The molecule has 0 aromatic heterocycles. The molecule has 4 nitrogen and oxygen atoms in total. The molecule has 0 amide bonds. The highest BCUT2D eigenvalue weighted by atomic mass is 19.1. The number of rotatable bonds is 6. The Bertz CT molecular complexity index is 473. The third-order valence-electron chi connectivity index (χ3n) is 4.29. The molecule has 22 heavy (non-hydrogen) atoms. The minimum atomic E-state index is -0.621. The van der Waals surface area contributed by atoms with Gasteiger partial charge in [-0.15, -0.1) is 0 Å². The third-order valence-corrected chi connectivity index (χ3v) is 4.29. The van der Waals surface area contributed by atoms with Crippen LogP contribution >= 0.6 is 0 Å². The molecule has 0 spiro atoms. The average molecular weight is 310 g/mol. The molecule has 122 valence electrons. The van der Waals surface area contributed by atoms with Gasteiger partial charge in [0.1, 0.15) is 18.2 Å². The molecule has 0 bridgehead atoms. The quantitative estimate of drug-likeness (QED) is 0.821. The standard InChI is InChI=1S/C16H24BFO4/c1-15(2)16(3,4)22-17(21-15)10-9-13(19)11-20-14-7-5-12(18)6-8-14/h5-8,13,19H,9-11H2,1-4H3. The van der Waals surface area contributed by atoms with Crippen LogP contribution in [-0.2, 0) is 9.31 Å². The first-order chi connectivity index (χ1) is 10.2. The molecule has 1 fully saturated rings. The van der Waals surface area contributed by atoms with Crippen LogP contribution in [0.2, 0.25) is 6.32 Å². The van der Waals surface area contributed by atoms with E-state index in [9.17, 15) is 9.50 Å². The Morgan fingerprint density at radius 3 is 2.23 bits per heavy atom. The van der Waals surface area contributed by atoms with Crippen LogP contribution in [0.25, 0.3) is 0 Å². The molecule has 1 aliphatic heterocycles. The second-order valence-corrected chi connectivity index (χ2v) is 6.68. The van der Waals surface area contributed by atoms with Gasteiger partial charge < -0.3 is 19.2 Å². The van der Waals surface area contributed by atoms with E-state index in [1.807, 2.05) is 27.7 Å². The van der Waals surface area contributed by atoms with E-state index >= 15 is 0 Å². The second-order valence-electron chi connectivity index (χ2n) is 6.68. The van der Waals surface area contributed by atoms with Crippen molar-refractivity contribution in [2.45, 2.75) is 57.7 Å². The fraction of sp³-hybridized carbons (Fsp3) is 0.625. The summed E-state index contributed by atoms with van der Waals surface area (Å²) in [6.45, 7) is 8.16. The van der Waals surface area contributed by atoms with Crippen molar-refractivity contribution >= 4 is 7.12 Å². The lowest BCUT2D eigenvalue weighted by atomic mass is 9.82. The molecule has 1 N–H and O–H groups in total. The average Bonchev–Trinajstić information content (AvgIpc) is 2.64. The first-order valence-corrected chi connectivity index (χ1v) is 7.62. The molecule has 2 rings (SSSR count). The lowest BCUT2D eigenvalue weighted by Crippen LogP contribution is -2.41. The van der Waals surface area contributed by atoms with Crippen molar-refractivity contribution in [1.82, 2.24) is 0 Å². The maximum atomic E-state index is 12.8. The van der Waals surface area contributed by atoms with Crippen molar-refractivity contribution in [3.05, 3.63) is 30.1 Å². The molecule has 1 unspecified atom stereocenters. The van der Waals surface area contributed by atoms with Gasteiger partial charge in [-0.2, -0.15) is 0 Å². The van der Waals surface area contributed by atoms with Gasteiger partial charge in [0.2, 0.25) is 0 Å². The van der Waals surface area contributed by atoms with E-state index in [1.165, 1.54) is 24.3 Å². The maximum Gasteiger partial charge on any atom is 0.457 e. The van der Waals surface area contributed by atoms with Gasteiger partial charge in [-0.3, -0.25) is 0 Å². The predicted octanol–water partition coefficient (Wildman–Crippen LogP) is 3.05. The van der Waals surface area contributed by atoms with Gasteiger partial charge in [-0.05, 0) is 64.7 Å². The molecule has 0 aliphatic carbocycles. The third kappa shape index (κ3) is 4.21. The molecule has 1 aromatic rings. The minimum Gasteiger partial charge on any atom is -0.491 e. The van der Waals surface area contributed by atoms with Gasteiger partial charge in [0.15, 0.2) is 0 Å². The fourth-order valence-electron chi connectivity index (χ4n) is 2.22. The van der Waals surface area contributed by atoms with Crippen LogP contribution < -0.4 is 4.74 Å². The number of halogens is 1. The number of hydrogen-bond donors (Lipinski definition) is 1. The summed E-state index contributed by atoms with van der Waals surface area (Å²) in [5, 5.41) is 9.98. The number of aliphatic hydroxyl groups excluding tert-OH is 1. The monoisotopic (exact) mass is 310 g/mol. The number of ether oxygens (including phenoxy) is 1. The Morgan fingerprint density at radius 2 is 1.68 bits per heavy atom. The van der Waals surface area contributed by atoms with Gasteiger partial charge in [-0.25, -0.2) is 4.39 Å². The van der Waals surface area contributed by atoms with Gasteiger partial charge in [-0.1, -0.05) is 0 Å². The van der Waals surface area contributed by atoms with E-state index in [0.29, 0.717) is 18.5 Å². The van der Waals surface area contributed by atoms with Crippen molar-refractivity contribution in [3.63, 3.8) is 0 Å². The first-order valence-electron chi connectivity index (χ1n) is 7.62. The van der Waals surface area contributed by atoms with Crippen molar-refractivity contribution in [2.24, 2.45) is 0 Å². The summed E-state index contributed by atoms with van der Waals surface area (Å²) in [6, 6.07) is 5.73. The van der Waals surface area contributed by atoms with Crippen LogP contribution in [0, 0.1) is 5.82 Å². The Balaban J connectivity index is 1.72. The summed E-state index contributed by atoms with van der Waals surface area (Å²) in [5.74, 6) is 0.227. The molecule has 1 atom stereocenters. The lowest BCUT2D eigenvalue weighted by molar-refractivity contribution is 0.00578. The van der Waals surface area contributed by atoms with Crippen molar-refractivity contribution in [1.29, 1.82) is 0 Å². The van der Waals surface area contributed by atoms with Crippen molar-refractivity contribution in [2.75, 3.05) is 6.61 Å². The van der Waals surface area contributed by atoms with Crippen LogP contribution in [0.15, 0.2) is 24.3 Å². The van der Waals surface area contributed by atoms with Gasteiger partial charge >= 0.3 is 7.12 Å². The second kappa shape index (κ2) is 6.56. The van der Waals surface area contributed by atoms with Crippen LogP contribution in [-0.4, -0.2) is 36.1 Å². The highest BCUT2D eigenvalue weighted by Gasteiger charge is 2.50. The molecular formula is C16H24BFO4. The number of aliphatic hydroxyl groups is 1. The highest BCUT2D eigenvalue weighted by molar-refractivity contribution is 6.45. The van der Waals surface area contributed by atoms with Crippen LogP contribution in [0.5, 0.6) is 5.75 Å². The topological polar surface area (TPSA) is 47.9 Å². The van der Waals surface area contributed by atoms with Crippen LogP contribution in [0.4, 0.5) is 4.39 Å². The van der Waals surface area contributed by atoms with Gasteiger partial charge in [0, 0.05) is 0 Å². The molecule has 1 aliphatic rings. The van der Waals surface area contributed by atoms with E-state index in [4.69, 9.17) is 14.0 Å². The Labute approximate surface area is 131 Å². The van der Waals surface area contributed by atoms with Gasteiger partial charge in [0.05, 0.1) is 17.3 Å². The minimum absolute atomic E-state index is 0.158. The van der Waals surface area contributed by atoms with E-state index in [1.54, 1.807) is 0 Å². The summed E-state index contributed by atoms with van der Waals surface area (Å²) < 4.78 is 29.9. The summed E-state index contributed by atoms with van der Waals surface area (Å²) in [5.41, 5.74) is -0.708. The zero-order chi connectivity index (χ0) is 16.4. The molecule has 1 saturated heterocycles. The number of hydrogen-bond acceptors (Lipinski definition) is 4. The largest absolute Gasteiger partial charge is 0.491 e. The molecular weight excluding hydrogens is 286 g/mol. The Morgan fingerprint density at radius 1 is 1.14 bits per heavy atom. The summed E-state index contributed by atoms with van der Waals surface area (Å²) in [4.78, 5) is 0. The summed E-state index contributed by atoms with van der Waals surface area (Å²) in [7, 11) is -0.314. The van der Waals surface area contributed by atoms with E-state index in [0.717, 1.165) is 0 Å². The van der Waals surface area contributed by atoms with E-state index in [-0.39, 0.29) is 30.7 Å². The van der Waals surface area contributed by atoms with E-state index in [2.05, 4.69) is 0 Å². The molecule has 1 heterocycles. The SMILES string of the molecule is CC1(C)OB(CCC(O)COc2ccc(F)cc2)OC1(C)C. The molecule has 6 heteroatoms.